The van der Waals surface area contributed by atoms with Crippen molar-refractivity contribution >= 4 is 46.5 Å². The van der Waals surface area contributed by atoms with Crippen molar-refractivity contribution in [3.63, 3.8) is 0 Å². The highest BCUT2D eigenvalue weighted by atomic mass is 35.5. The van der Waals surface area contributed by atoms with Gasteiger partial charge in [0.05, 0.1) is 23.7 Å². The van der Waals surface area contributed by atoms with Gasteiger partial charge in [0.25, 0.3) is 0 Å². The molecule has 31 heavy (non-hydrogen) atoms. The van der Waals surface area contributed by atoms with E-state index in [-0.39, 0.29) is 12.5 Å². The Balaban J connectivity index is 1.70. The maximum Gasteiger partial charge on any atom is 0.327 e. The van der Waals surface area contributed by atoms with Crippen LogP contribution in [0.15, 0.2) is 36.4 Å². The smallest absolute Gasteiger partial charge is 0.327 e. The molecule has 166 valence electrons. The zero-order valence-electron chi connectivity index (χ0n) is 18.0. The highest BCUT2D eigenvalue weighted by Crippen LogP contribution is 2.29. The van der Waals surface area contributed by atoms with Gasteiger partial charge in [0.2, 0.25) is 5.91 Å². The van der Waals surface area contributed by atoms with E-state index >= 15 is 0 Å². The average Bonchev–Trinajstić information content (AvgIpc) is 3.27. The predicted molar refractivity (Wildman–Crippen MR) is 125 cm³/mol. The first-order chi connectivity index (χ1) is 14.8. The molecule has 0 spiro atoms. The number of methoxy groups -OCH3 is 1. The highest BCUT2D eigenvalue weighted by Gasteiger charge is 2.28. The Morgan fingerprint density at radius 3 is 2.45 bits per heavy atom. The number of nitrogens with zero attached hydrogens (tertiary/aromatic N) is 2. The Kier molecular flexibility index (Phi) is 7.81. The van der Waals surface area contributed by atoms with Gasteiger partial charge in [-0.15, -0.1) is 0 Å². The lowest BCUT2D eigenvalue weighted by Crippen LogP contribution is -2.37. The molecular weight excluding hydrogens is 437 g/mol. The molecule has 6 nitrogen and oxygen atoms in total. The van der Waals surface area contributed by atoms with Gasteiger partial charge < -0.3 is 15.0 Å². The van der Waals surface area contributed by atoms with Crippen LogP contribution < -0.4 is 10.2 Å². The normalized spacial score (nSPS) is 14.6. The summed E-state index contributed by atoms with van der Waals surface area (Å²) in [5.74, 6) is -0.715. The van der Waals surface area contributed by atoms with Crippen LogP contribution in [-0.4, -0.2) is 50.6 Å². The molecule has 3 rings (SSSR count). The molecule has 1 aliphatic heterocycles. The molecule has 1 saturated heterocycles. The highest BCUT2D eigenvalue weighted by molar-refractivity contribution is 6.42. The summed E-state index contributed by atoms with van der Waals surface area (Å²) in [6, 6.07) is 10.2. The molecule has 8 heteroatoms. The van der Waals surface area contributed by atoms with Gasteiger partial charge in [0, 0.05) is 24.5 Å². The molecular formula is C23H27Cl2N3O3. The molecule has 0 aromatic heterocycles. The Morgan fingerprint density at radius 1 is 1.13 bits per heavy atom. The third-order valence-electron chi connectivity index (χ3n) is 5.47. The van der Waals surface area contributed by atoms with E-state index in [0.29, 0.717) is 15.6 Å². The Hall–Kier alpha value is -2.28. The summed E-state index contributed by atoms with van der Waals surface area (Å²) in [6.45, 7) is 4.11. The molecule has 1 atom stereocenters. The van der Waals surface area contributed by atoms with E-state index in [9.17, 15) is 9.59 Å². The van der Waals surface area contributed by atoms with E-state index < -0.39 is 12.0 Å². The molecule has 1 aliphatic rings. The zero-order valence-corrected chi connectivity index (χ0v) is 19.5. The van der Waals surface area contributed by atoms with Crippen molar-refractivity contribution < 1.29 is 14.3 Å². The fourth-order valence-corrected chi connectivity index (χ4v) is 4.14. The number of esters is 1. The lowest BCUT2D eigenvalue weighted by molar-refractivity contribution is -0.147. The van der Waals surface area contributed by atoms with Gasteiger partial charge >= 0.3 is 5.97 Å². The summed E-state index contributed by atoms with van der Waals surface area (Å²) in [7, 11) is 3.00. The van der Waals surface area contributed by atoms with Crippen LogP contribution in [0.3, 0.4) is 0 Å². The van der Waals surface area contributed by atoms with Gasteiger partial charge in [-0.25, -0.2) is 4.79 Å². The second kappa shape index (κ2) is 10.4. The molecule has 1 heterocycles. The number of aryl methyl sites for hydroxylation is 1. The third-order valence-corrected chi connectivity index (χ3v) is 6.21. The van der Waals surface area contributed by atoms with Gasteiger partial charge in [0.1, 0.15) is 6.04 Å². The minimum atomic E-state index is -0.788. The number of rotatable bonds is 7. The standard InChI is InChI=1S/C23H27Cl2N3O3/c1-15-12-17(28-10-4-5-11-28)7-9-20(15)26-21(29)14-27(2)22(23(30)31-3)16-6-8-18(24)19(25)13-16/h6-9,12-13,22H,4-5,10-11,14H2,1-3H3,(H,26,29). The molecule has 0 radical (unpaired) electrons. The molecule has 1 unspecified atom stereocenters. The molecule has 0 bridgehead atoms. The maximum atomic E-state index is 12.7. The average molecular weight is 464 g/mol. The summed E-state index contributed by atoms with van der Waals surface area (Å²) >= 11 is 12.1. The molecule has 2 aromatic carbocycles. The van der Waals surface area contributed by atoms with Crippen LogP contribution in [0.5, 0.6) is 0 Å². The Morgan fingerprint density at radius 2 is 1.84 bits per heavy atom. The SMILES string of the molecule is COC(=O)C(c1ccc(Cl)c(Cl)c1)N(C)CC(=O)Nc1ccc(N2CCCC2)cc1C. The number of carbonyl (C=O) groups is 2. The summed E-state index contributed by atoms with van der Waals surface area (Å²) in [5, 5.41) is 3.67. The number of hydrogen-bond donors (Lipinski definition) is 1. The number of likely N-dealkylation sites (N-methyl/N-ethyl adjacent to an activating group) is 1. The van der Waals surface area contributed by atoms with Crippen molar-refractivity contribution in [3.8, 4) is 0 Å². The third kappa shape index (κ3) is 5.70. The van der Waals surface area contributed by atoms with E-state index in [2.05, 4.69) is 16.3 Å². The molecule has 2 aromatic rings. The number of nitrogens with one attached hydrogen (secondary N) is 1. The fourth-order valence-electron chi connectivity index (χ4n) is 3.83. The second-order valence-electron chi connectivity index (χ2n) is 7.76. The first kappa shape index (κ1) is 23.4. The van der Waals surface area contributed by atoms with E-state index in [1.807, 2.05) is 19.1 Å². The summed E-state index contributed by atoms with van der Waals surface area (Å²) in [6.07, 6.45) is 2.42. The number of ether oxygens (including phenoxy) is 1. The lowest BCUT2D eigenvalue weighted by atomic mass is 10.1. The fraction of sp³-hybridized carbons (Fsp3) is 0.391. The van der Waals surface area contributed by atoms with Crippen molar-refractivity contribution in [1.29, 1.82) is 0 Å². The number of carbonyl (C=O) groups excluding carboxylic acids is 2. The van der Waals surface area contributed by atoms with Crippen LogP contribution in [0.4, 0.5) is 11.4 Å². The summed E-state index contributed by atoms with van der Waals surface area (Å²) in [4.78, 5) is 29.1. The van der Waals surface area contributed by atoms with Crippen LogP contribution in [0.2, 0.25) is 10.0 Å². The van der Waals surface area contributed by atoms with Crippen LogP contribution in [0, 0.1) is 6.92 Å². The van der Waals surface area contributed by atoms with Crippen LogP contribution in [-0.2, 0) is 14.3 Å². The van der Waals surface area contributed by atoms with Crippen LogP contribution in [0.1, 0.15) is 30.0 Å². The van der Waals surface area contributed by atoms with Gasteiger partial charge in [0.15, 0.2) is 0 Å². The van der Waals surface area contributed by atoms with Crippen molar-refractivity contribution in [3.05, 3.63) is 57.6 Å². The van der Waals surface area contributed by atoms with Crippen molar-refractivity contribution in [2.75, 3.05) is 44.0 Å². The Bertz CT molecular complexity index is 961. The number of amides is 1. The minimum absolute atomic E-state index is 0.00662. The summed E-state index contributed by atoms with van der Waals surface area (Å²) < 4.78 is 4.95. The van der Waals surface area contributed by atoms with Crippen LogP contribution >= 0.6 is 23.2 Å². The molecule has 0 saturated carbocycles. The zero-order chi connectivity index (χ0) is 22.5. The van der Waals surface area contributed by atoms with E-state index in [4.69, 9.17) is 27.9 Å². The quantitative estimate of drug-likeness (QED) is 0.603. The van der Waals surface area contributed by atoms with Crippen LogP contribution in [0.25, 0.3) is 0 Å². The van der Waals surface area contributed by atoms with Crippen molar-refractivity contribution in [2.45, 2.75) is 25.8 Å². The first-order valence-corrected chi connectivity index (χ1v) is 10.9. The largest absolute Gasteiger partial charge is 0.468 e. The Labute approximate surface area is 193 Å². The second-order valence-corrected chi connectivity index (χ2v) is 8.57. The van der Waals surface area contributed by atoms with E-state index in [0.717, 1.165) is 24.3 Å². The first-order valence-electron chi connectivity index (χ1n) is 10.2. The number of hydrogen-bond acceptors (Lipinski definition) is 5. The van der Waals surface area contributed by atoms with Gasteiger partial charge in [-0.2, -0.15) is 0 Å². The van der Waals surface area contributed by atoms with Crippen molar-refractivity contribution in [1.82, 2.24) is 4.90 Å². The molecule has 0 aliphatic carbocycles. The van der Waals surface area contributed by atoms with Crippen molar-refractivity contribution in [2.24, 2.45) is 0 Å². The monoisotopic (exact) mass is 463 g/mol. The molecule has 1 N–H and O–H groups in total. The minimum Gasteiger partial charge on any atom is -0.468 e. The number of benzene rings is 2. The molecule has 1 fully saturated rings. The topological polar surface area (TPSA) is 61.9 Å². The number of anilines is 2. The van der Waals surface area contributed by atoms with E-state index in [1.165, 1.54) is 25.6 Å². The maximum absolute atomic E-state index is 12.7. The number of halogens is 2. The lowest BCUT2D eigenvalue weighted by Gasteiger charge is -2.26. The van der Waals surface area contributed by atoms with Gasteiger partial charge in [-0.05, 0) is 68.3 Å². The van der Waals surface area contributed by atoms with Gasteiger partial charge in [-0.1, -0.05) is 29.3 Å². The summed E-state index contributed by atoms with van der Waals surface area (Å²) in [5.41, 5.74) is 3.53. The predicted octanol–water partition coefficient (Wildman–Crippen LogP) is 4.69. The van der Waals surface area contributed by atoms with E-state index in [1.54, 1.807) is 30.1 Å². The van der Waals surface area contributed by atoms with Gasteiger partial charge in [-0.3, -0.25) is 9.69 Å². The molecule has 1 amide bonds.